The number of ether oxygens (including phenoxy) is 1. The Labute approximate surface area is 126 Å². The summed E-state index contributed by atoms with van der Waals surface area (Å²) in [5, 5.41) is 4.14. The van der Waals surface area contributed by atoms with E-state index in [1.165, 1.54) is 23.5 Å². The van der Waals surface area contributed by atoms with E-state index in [1.54, 1.807) is 0 Å². The topological polar surface area (TPSA) is 105 Å². The van der Waals surface area contributed by atoms with E-state index < -0.39 is 16.0 Å². The third kappa shape index (κ3) is 3.52. The molecule has 0 spiro atoms. The van der Waals surface area contributed by atoms with Crippen LogP contribution in [0.15, 0.2) is 16.3 Å². The largest absolute Gasteiger partial charge is 0.465 e. The summed E-state index contributed by atoms with van der Waals surface area (Å²) >= 11 is 1.00. The molecule has 116 valence electrons. The summed E-state index contributed by atoms with van der Waals surface area (Å²) in [5.74, 6) is -0.690. The van der Waals surface area contributed by atoms with Crippen LogP contribution in [0.1, 0.15) is 9.67 Å². The lowest BCUT2D eigenvalue weighted by Crippen LogP contribution is -2.37. The number of nitrogens with zero attached hydrogens (tertiary/aromatic N) is 1. The van der Waals surface area contributed by atoms with Gasteiger partial charge in [-0.1, -0.05) is 0 Å². The average molecular weight is 333 g/mol. The minimum absolute atomic E-state index is 0.0314. The molecular weight excluding hydrogens is 318 g/mol. The highest BCUT2D eigenvalue weighted by atomic mass is 32.2. The van der Waals surface area contributed by atoms with Crippen molar-refractivity contribution in [2.75, 3.05) is 33.3 Å². The number of esters is 1. The minimum Gasteiger partial charge on any atom is -0.465 e. The fourth-order valence-electron chi connectivity index (χ4n) is 1.87. The lowest BCUT2D eigenvalue weighted by molar-refractivity contribution is 0.0602. The van der Waals surface area contributed by atoms with Crippen molar-refractivity contribution in [3.05, 3.63) is 16.3 Å². The van der Waals surface area contributed by atoms with Crippen molar-refractivity contribution in [2.24, 2.45) is 0 Å². The van der Waals surface area contributed by atoms with Crippen LogP contribution in [-0.2, 0) is 14.8 Å². The van der Waals surface area contributed by atoms with Gasteiger partial charge in [0.1, 0.15) is 9.77 Å². The second-order valence-electron chi connectivity index (χ2n) is 4.22. The van der Waals surface area contributed by atoms with Crippen LogP contribution in [0.3, 0.4) is 0 Å². The van der Waals surface area contributed by atoms with E-state index in [-0.39, 0.29) is 28.9 Å². The van der Waals surface area contributed by atoms with Gasteiger partial charge >= 0.3 is 12.0 Å². The van der Waals surface area contributed by atoms with Crippen LogP contribution in [0.2, 0.25) is 0 Å². The van der Waals surface area contributed by atoms with Gasteiger partial charge in [-0.15, -0.1) is 11.3 Å². The molecule has 1 aliphatic heterocycles. The van der Waals surface area contributed by atoms with Gasteiger partial charge in [0.05, 0.1) is 7.11 Å². The fraction of sp³-hybridized carbons (Fsp3) is 0.455. The first-order valence-corrected chi connectivity index (χ1v) is 8.50. The van der Waals surface area contributed by atoms with E-state index in [1.807, 2.05) is 0 Å². The number of thiophene rings is 1. The highest BCUT2D eigenvalue weighted by molar-refractivity contribution is 7.89. The van der Waals surface area contributed by atoms with Crippen molar-refractivity contribution in [1.29, 1.82) is 0 Å². The molecule has 0 atom stereocenters. The Hall–Kier alpha value is -1.65. The van der Waals surface area contributed by atoms with Crippen molar-refractivity contribution < 1.29 is 22.7 Å². The average Bonchev–Trinajstić information content (AvgIpc) is 3.07. The zero-order valence-electron chi connectivity index (χ0n) is 11.3. The molecule has 8 nitrogen and oxygen atoms in total. The summed E-state index contributed by atoms with van der Waals surface area (Å²) in [6.45, 7) is 1.45. The number of sulfonamides is 1. The number of nitrogens with one attached hydrogen (secondary N) is 2. The summed E-state index contributed by atoms with van der Waals surface area (Å²) < 4.78 is 31.2. The second-order valence-corrected chi connectivity index (χ2v) is 6.87. The number of methoxy groups -OCH3 is 1. The van der Waals surface area contributed by atoms with Crippen LogP contribution < -0.4 is 10.0 Å². The number of hydrogen-bond donors (Lipinski definition) is 2. The molecule has 0 saturated carbocycles. The molecule has 2 heterocycles. The number of carbonyl (C=O) groups excluding carboxylic acids is 2. The van der Waals surface area contributed by atoms with Crippen molar-refractivity contribution in [3.63, 3.8) is 0 Å². The van der Waals surface area contributed by atoms with Gasteiger partial charge < -0.3 is 15.0 Å². The van der Waals surface area contributed by atoms with Crippen molar-refractivity contribution in [1.82, 2.24) is 14.9 Å². The smallest absolute Gasteiger partial charge is 0.349 e. The molecule has 0 aromatic carbocycles. The van der Waals surface area contributed by atoms with Gasteiger partial charge in [0.15, 0.2) is 0 Å². The van der Waals surface area contributed by atoms with E-state index in [4.69, 9.17) is 0 Å². The Bertz CT molecular complexity index is 640. The molecule has 0 unspecified atom stereocenters. The second kappa shape index (κ2) is 6.41. The summed E-state index contributed by atoms with van der Waals surface area (Å²) in [6, 6.07) is 1.14. The van der Waals surface area contributed by atoms with Crippen LogP contribution in [0.4, 0.5) is 4.79 Å². The summed E-state index contributed by atoms with van der Waals surface area (Å²) in [4.78, 5) is 24.3. The monoisotopic (exact) mass is 333 g/mol. The molecule has 1 saturated heterocycles. The maximum atomic E-state index is 12.2. The lowest BCUT2D eigenvalue weighted by Gasteiger charge is -2.14. The van der Waals surface area contributed by atoms with E-state index in [0.717, 1.165) is 11.3 Å². The maximum absolute atomic E-state index is 12.2. The number of hydrogen-bond acceptors (Lipinski definition) is 6. The molecule has 10 heteroatoms. The van der Waals surface area contributed by atoms with Crippen LogP contribution >= 0.6 is 11.3 Å². The Kier molecular flexibility index (Phi) is 4.80. The van der Waals surface area contributed by atoms with Gasteiger partial charge in [-0.05, 0) is 11.4 Å². The summed E-state index contributed by atoms with van der Waals surface area (Å²) in [6.07, 6.45) is 0. The molecule has 21 heavy (non-hydrogen) atoms. The summed E-state index contributed by atoms with van der Waals surface area (Å²) in [7, 11) is -2.62. The van der Waals surface area contributed by atoms with E-state index in [0.29, 0.717) is 13.1 Å². The summed E-state index contributed by atoms with van der Waals surface area (Å²) in [5.41, 5.74) is 0. The van der Waals surface area contributed by atoms with Crippen LogP contribution in [-0.4, -0.2) is 58.6 Å². The van der Waals surface area contributed by atoms with Gasteiger partial charge in [-0.25, -0.2) is 22.7 Å². The van der Waals surface area contributed by atoms with E-state index in [9.17, 15) is 18.0 Å². The predicted molar refractivity (Wildman–Crippen MR) is 75.8 cm³/mol. The Balaban J connectivity index is 2.00. The fourth-order valence-corrected chi connectivity index (χ4v) is 4.22. The molecule has 1 aromatic heterocycles. The molecular formula is C11H15N3O5S2. The highest BCUT2D eigenvalue weighted by Crippen LogP contribution is 2.22. The molecule has 2 rings (SSSR count). The molecule has 2 N–H and O–H groups in total. The maximum Gasteiger partial charge on any atom is 0.349 e. The van der Waals surface area contributed by atoms with E-state index >= 15 is 0 Å². The highest BCUT2D eigenvalue weighted by Gasteiger charge is 2.25. The molecule has 1 aromatic rings. The Morgan fingerprint density at radius 3 is 2.95 bits per heavy atom. The number of amides is 2. The van der Waals surface area contributed by atoms with Crippen LogP contribution in [0.25, 0.3) is 0 Å². The first kappa shape index (κ1) is 15.7. The van der Waals surface area contributed by atoms with Gasteiger partial charge in [0, 0.05) is 26.2 Å². The van der Waals surface area contributed by atoms with Crippen LogP contribution in [0, 0.1) is 0 Å². The zero-order valence-corrected chi connectivity index (χ0v) is 12.9. The normalized spacial score (nSPS) is 15.1. The van der Waals surface area contributed by atoms with Crippen LogP contribution in [0.5, 0.6) is 0 Å². The zero-order chi connectivity index (χ0) is 15.5. The number of urea groups is 1. The van der Waals surface area contributed by atoms with Crippen molar-refractivity contribution >= 4 is 33.4 Å². The predicted octanol–water partition coefficient (Wildman–Crippen LogP) is -0.162. The van der Waals surface area contributed by atoms with Gasteiger partial charge in [-0.2, -0.15) is 0 Å². The van der Waals surface area contributed by atoms with Crippen molar-refractivity contribution in [2.45, 2.75) is 4.90 Å². The Morgan fingerprint density at radius 1 is 1.57 bits per heavy atom. The number of carbonyl (C=O) groups is 2. The lowest BCUT2D eigenvalue weighted by atomic mass is 10.5. The standard InChI is InChI=1S/C11H15N3O5S2/c1-19-10(15)9-8(2-7-20-9)21(17,18)13-4-6-14-5-3-12-11(14)16/h2,7,13H,3-6H2,1H3,(H,12,16). The molecule has 0 radical (unpaired) electrons. The molecule has 0 bridgehead atoms. The number of rotatable bonds is 6. The SMILES string of the molecule is COC(=O)c1sccc1S(=O)(=O)NCCN1CCNC1=O. The van der Waals surface area contributed by atoms with Crippen molar-refractivity contribution in [3.8, 4) is 0 Å². The van der Waals surface area contributed by atoms with Gasteiger partial charge in [0.2, 0.25) is 10.0 Å². The van der Waals surface area contributed by atoms with Gasteiger partial charge in [-0.3, -0.25) is 0 Å². The first-order chi connectivity index (χ1) is 9.95. The molecule has 1 aliphatic rings. The molecule has 1 fully saturated rings. The third-order valence-corrected chi connectivity index (χ3v) is 5.44. The quantitative estimate of drug-likeness (QED) is 0.704. The molecule has 0 aliphatic carbocycles. The first-order valence-electron chi connectivity index (χ1n) is 6.14. The third-order valence-electron chi connectivity index (χ3n) is 2.91. The molecule has 2 amide bonds. The van der Waals surface area contributed by atoms with Gasteiger partial charge in [0.25, 0.3) is 0 Å². The van der Waals surface area contributed by atoms with E-state index in [2.05, 4.69) is 14.8 Å². The minimum atomic E-state index is -3.81. The Morgan fingerprint density at radius 2 is 2.33 bits per heavy atom.